The predicted molar refractivity (Wildman–Crippen MR) is 142 cm³/mol. The van der Waals surface area contributed by atoms with Gasteiger partial charge in [0.2, 0.25) is 5.91 Å². The number of benzene rings is 2. The maximum Gasteiger partial charge on any atom is 0.399 e. The van der Waals surface area contributed by atoms with Gasteiger partial charge in [-0.1, -0.05) is 65.2 Å². The molecule has 0 radical (unpaired) electrons. The average Bonchev–Trinajstić information content (AvgIpc) is 3.72. The van der Waals surface area contributed by atoms with E-state index in [9.17, 15) is 26.7 Å². The highest BCUT2D eigenvalue weighted by atomic mass is 35.5. The Morgan fingerprint density at radius 2 is 1.72 bits per heavy atom. The van der Waals surface area contributed by atoms with Crippen molar-refractivity contribution in [3.63, 3.8) is 0 Å². The van der Waals surface area contributed by atoms with Crippen molar-refractivity contribution in [2.75, 3.05) is 0 Å². The van der Waals surface area contributed by atoms with Gasteiger partial charge in [0.25, 0.3) is 6.43 Å². The summed E-state index contributed by atoms with van der Waals surface area (Å²) in [5.74, 6) is -2.39. The lowest BCUT2D eigenvalue weighted by Crippen LogP contribution is -2.32. The van der Waals surface area contributed by atoms with Crippen molar-refractivity contribution in [3.05, 3.63) is 104 Å². The first-order chi connectivity index (χ1) is 18.4. The molecule has 0 saturated heterocycles. The summed E-state index contributed by atoms with van der Waals surface area (Å²) in [7, 11) is 0. The smallest absolute Gasteiger partial charge is 0.332 e. The highest BCUT2D eigenvalue weighted by Crippen LogP contribution is 2.41. The maximum atomic E-state index is 14.1. The number of hydrogen-bond donors (Lipinski definition) is 0. The van der Waals surface area contributed by atoms with E-state index in [1.807, 2.05) is 0 Å². The second-order valence-corrected chi connectivity index (χ2v) is 10.4. The maximum absolute atomic E-state index is 14.1. The number of aromatic nitrogens is 1. The average molecular weight is 604 g/mol. The van der Waals surface area contributed by atoms with Gasteiger partial charge in [-0.25, -0.2) is 8.78 Å². The third-order valence-electron chi connectivity index (χ3n) is 6.28. The molecule has 1 unspecified atom stereocenters. The number of hydrogen-bond acceptors (Lipinski definition) is 2. The standard InChI is InChI=1S/C28H22Cl3F5N2O/c29-23-12-19(13-24(30)25(23)31)22(28(34,35)36)9-5-16-4-6-18(21(11-16)26(32)33)14-38(27(39)17-7-8-17)15-20-3-1-2-10-37-20/h1-6,9-13,17,22,26H,7-8,14-15H2/b9-5+. The quantitative estimate of drug-likeness (QED) is 0.180. The van der Waals surface area contributed by atoms with E-state index in [0.717, 1.165) is 43.2 Å². The summed E-state index contributed by atoms with van der Waals surface area (Å²) >= 11 is 17.7. The van der Waals surface area contributed by atoms with Crippen LogP contribution in [-0.2, 0) is 17.9 Å². The highest BCUT2D eigenvalue weighted by molar-refractivity contribution is 6.48. The van der Waals surface area contributed by atoms with Crippen LogP contribution >= 0.6 is 34.8 Å². The van der Waals surface area contributed by atoms with Gasteiger partial charge in [0, 0.05) is 24.2 Å². The Labute approximate surface area is 237 Å². The van der Waals surface area contributed by atoms with Crippen LogP contribution in [0.25, 0.3) is 6.08 Å². The van der Waals surface area contributed by atoms with E-state index in [-0.39, 0.29) is 62.2 Å². The molecule has 1 amide bonds. The molecule has 1 aliphatic carbocycles. The predicted octanol–water partition coefficient (Wildman–Crippen LogP) is 9.28. The number of alkyl halides is 5. The van der Waals surface area contributed by atoms with Gasteiger partial charge in [-0.2, -0.15) is 13.2 Å². The van der Waals surface area contributed by atoms with Crippen LogP contribution in [0.1, 0.15) is 53.1 Å². The summed E-state index contributed by atoms with van der Waals surface area (Å²) in [5, 5.41) is -0.342. The van der Waals surface area contributed by atoms with Crippen molar-refractivity contribution in [1.82, 2.24) is 9.88 Å². The summed E-state index contributed by atoms with van der Waals surface area (Å²) in [5.41, 5.74) is 0.348. The van der Waals surface area contributed by atoms with Crippen LogP contribution in [-0.4, -0.2) is 22.0 Å². The molecule has 2 aromatic carbocycles. The van der Waals surface area contributed by atoms with Crippen molar-refractivity contribution in [3.8, 4) is 0 Å². The molecule has 0 aliphatic heterocycles. The molecular weight excluding hydrogens is 582 g/mol. The van der Waals surface area contributed by atoms with Crippen LogP contribution in [0.3, 0.4) is 0 Å². The molecule has 0 spiro atoms. The number of nitrogens with zero attached hydrogens (tertiary/aromatic N) is 2. The number of pyridine rings is 1. The fraction of sp³-hybridized carbons (Fsp3) is 0.286. The number of allylic oxidation sites excluding steroid dienone is 1. The Balaban J connectivity index is 1.62. The number of carbonyl (C=O) groups excluding carboxylic acids is 1. The topological polar surface area (TPSA) is 33.2 Å². The summed E-state index contributed by atoms with van der Waals surface area (Å²) in [6.07, 6.45) is -2.58. The first-order valence-electron chi connectivity index (χ1n) is 11.9. The minimum Gasteiger partial charge on any atom is -0.332 e. The van der Waals surface area contributed by atoms with E-state index in [4.69, 9.17) is 34.8 Å². The lowest BCUT2D eigenvalue weighted by Gasteiger charge is -2.24. The summed E-state index contributed by atoms with van der Waals surface area (Å²) in [6.45, 7) is 0.0719. The Morgan fingerprint density at radius 1 is 1.03 bits per heavy atom. The number of rotatable bonds is 9. The number of carbonyl (C=O) groups is 1. The lowest BCUT2D eigenvalue weighted by atomic mass is 9.96. The molecule has 39 heavy (non-hydrogen) atoms. The van der Waals surface area contributed by atoms with Gasteiger partial charge in [0.15, 0.2) is 0 Å². The second kappa shape index (κ2) is 12.2. The summed E-state index contributed by atoms with van der Waals surface area (Å²) in [6, 6.07) is 11.4. The molecule has 1 aromatic heterocycles. The van der Waals surface area contributed by atoms with Crippen LogP contribution in [0.15, 0.2) is 60.8 Å². The van der Waals surface area contributed by atoms with Crippen LogP contribution in [0.2, 0.25) is 15.1 Å². The molecule has 1 aliphatic rings. The van der Waals surface area contributed by atoms with Crippen molar-refractivity contribution >= 4 is 46.8 Å². The molecule has 1 fully saturated rings. The summed E-state index contributed by atoms with van der Waals surface area (Å²) in [4.78, 5) is 18.6. The van der Waals surface area contributed by atoms with E-state index in [1.54, 1.807) is 24.4 Å². The van der Waals surface area contributed by atoms with E-state index in [1.165, 1.54) is 17.0 Å². The molecule has 0 N–H and O–H groups in total. The SMILES string of the molecule is O=C(C1CC1)N(Cc1ccccn1)Cc1ccc(/C=C/C(c2cc(Cl)c(Cl)c(Cl)c2)C(F)(F)F)cc1C(F)F. The molecule has 0 bridgehead atoms. The Morgan fingerprint density at radius 3 is 2.28 bits per heavy atom. The van der Waals surface area contributed by atoms with Gasteiger partial charge in [-0.15, -0.1) is 0 Å². The summed E-state index contributed by atoms with van der Waals surface area (Å²) < 4.78 is 69.8. The van der Waals surface area contributed by atoms with E-state index >= 15 is 0 Å². The van der Waals surface area contributed by atoms with Crippen LogP contribution in [0, 0.1) is 5.92 Å². The third-order valence-corrected chi connectivity index (χ3v) is 7.48. The van der Waals surface area contributed by atoms with Gasteiger partial charge < -0.3 is 4.90 Å². The molecular formula is C28H22Cl3F5N2O. The zero-order valence-corrected chi connectivity index (χ0v) is 22.5. The second-order valence-electron chi connectivity index (χ2n) is 9.23. The Hall–Kier alpha value is -2.68. The number of amides is 1. The molecule has 4 rings (SSSR count). The van der Waals surface area contributed by atoms with Gasteiger partial charge in [0.1, 0.15) is 0 Å². The minimum atomic E-state index is -4.71. The molecule has 3 aromatic rings. The highest BCUT2D eigenvalue weighted by Gasteiger charge is 2.39. The zero-order chi connectivity index (χ0) is 28.3. The van der Waals surface area contributed by atoms with Gasteiger partial charge in [-0.05, 0) is 59.9 Å². The van der Waals surface area contributed by atoms with Gasteiger partial charge >= 0.3 is 6.18 Å². The van der Waals surface area contributed by atoms with Crippen LogP contribution in [0.5, 0.6) is 0 Å². The van der Waals surface area contributed by atoms with Gasteiger partial charge in [-0.3, -0.25) is 9.78 Å². The minimum absolute atomic E-state index is 0.0681. The Bertz CT molecular complexity index is 1340. The fourth-order valence-electron chi connectivity index (χ4n) is 4.13. The van der Waals surface area contributed by atoms with Crippen molar-refractivity contribution in [1.29, 1.82) is 0 Å². The zero-order valence-electron chi connectivity index (χ0n) is 20.2. The van der Waals surface area contributed by atoms with E-state index < -0.39 is 18.5 Å². The van der Waals surface area contributed by atoms with E-state index in [0.29, 0.717) is 5.69 Å². The van der Waals surface area contributed by atoms with Gasteiger partial charge in [0.05, 0.1) is 33.2 Å². The molecule has 3 nitrogen and oxygen atoms in total. The fourth-order valence-corrected chi connectivity index (χ4v) is 4.74. The lowest BCUT2D eigenvalue weighted by molar-refractivity contribution is -0.139. The molecule has 1 atom stereocenters. The molecule has 1 saturated carbocycles. The monoisotopic (exact) mass is 602 g/mol. The largest absolute Gasteiger partial charge is 0.399 e. The molecule has 206 valence electrons. The Kier molecular flexibility index (Phi) is 9.19. The first-order valence-corrected chi connectivity index (χ1v) is 13.1. The molecule has 11 heteroatoms. The van der Waals surface area contributed by atoms with E-state index in [2.05, 4.69) is 4.98 Å². The van der Waals surface area contributed by atoms with Crippen molar-refractivity contribution in [2.24, 2.45) is 5.92 Å². The first kappa shape index (κ1) is 29.3. The van der Waals surface area contributed by atoms with Crippen molar-refractivity contribution < 1.29 is 26.7 Å². The normalized spacial score (nSPS) is 14.7. The molecule has 1 heterocycles. The van der Waals surface area contributed by atoms with Crippen LogP contribution in [0.4, 0.5) is 22.0 Å². The van der Waals surface area contributed by atoms with Crippen molar-refractivity contribution in [2.45, 2.75) is 44.5 Å². The third kappa shape index (κ3) is 7.50. The van der Waals surface area contributed by atoms with Crippen LogP contribution < -0.4 is 0 Å². The number of halogens is 8.